The Morgan fingerprint density at radius 2 is 2.10 bits per heavy atom. The van der Waals surface area contributed by atoms with Gasteiger partial charge in [0, 0.05) is 13.0 Å². The number of aromatic nitrogens is 2. The Bertz CT molecular complexity index is 1060. The van der Waals surface area contributed by atoms with Crippen molar-refractivity contribution in [3.63, 3.8) is 0 Å². The van der Waals surface area contributed by atoms with E-state index >= 15 is 0 Å². The van der Waals surface area contributed by atoms with Crippen LogP contribution in [0.15, 0.2) is 47.1 Å². The Morgan fingerprint density at radius 3 is 2.71 bits per heavy atom. The third-order valence-electron chi connectivity index (χ3n) is 5.01. The van der Waals surface area contributed by atoms with Crippen molar-refractivity contribution in [2.24, 2.45) is 0 Å². The highest BCUT2D eigenvalue weighted by Gasteiger charge is 2.48. The van der Waals surface area contributed by atoms with E-state index in [1.54, 1.807) is 36.4 Å². The fraction of sp³-hybridized carbons (Fsp3) is 0.300. The van der Waals surface area contributed by atoms with Crippen LogP contribution < -0.4 is 15.4 Å². The number of ether oxygens (including phenoxy) is 1. The summed E-state index contributed by atoms with van der Waals surface area (Å²) in [5.41, 5.74) is 0.491. The van der Waals surface area contributed by atoms with Gasteiger partial charge in [-0.15, -0.1) is 0 Å². The number of amides is 1. The molecule has 0 aliphatic carbocycles. The first-order valence-electron chi connectivity index (χ1n) is 9.33. The van der Waals surface area contributed by atoms with Gasteiger partial charge in [-0.3, -0.25) is 4.79 Å². The van der Waals surface area contributed by atoms with Crippen molar-refractivity contribution in [2.75, 3.05) is 12.4 Å². The van der Waals surface area contributed by atoms with Gasteiger partial charge < -0.3 is 19.8 Å². The fourth-order valence-corrected chi connectivity index (χ4v) is 3.68. The number of hydrogen-bond donors (Lipinski definition) is 2. The van der Waals surface area contributed by atoms with E-state index in [1.165, 1.54) is 13.4 Å². The molecule has 31 heavy (non-hydrogen) atoms. The average Bonchev–Trinajstić information content (AvgIpc) is 3.40. The highest BCUT2D eigenvalue weighted by atomic mass is 35.5. The van der Waals surface area contributed by atoms with Crippen molar-refractivity contribution in [3.05, 3.63) is 64.7 Å². The standard InChI is InChI=1S/C20H18ClF3N4O3/c1-30-12-6-4-11(5-7-12)10-25-19(29)17-16(21)18-26-13(14-3-2-8-31-14)9-15(20(22,23)24)28(18)27-17/h2-8,13,15,26H,9-10H2,1H3,(H,25,29)/t13-,15-/m0/s1. The van der Waals surface area contributed by atoms with Gasteiger partial charge in [-0.1, -0.05) is 23.7 Å². The lowest BCUT2D eigenvalue weighted by molar-refractivity contribution is -0.174. The van der Waals surface area contributed by atoms with Crippen LogP contribution in [-0.4, -0.2) is 29.0 Å². The number of fused-ring (bicyclic) bond motifs is 1. The second-order valence-electron chi connectivity index (χ2n) is 6.99. The molecule has 0 saturated carbocycles. The molecule has 0 spiro atoms. The maximum absolute atomic E-state index is 13.7. The summed E-state index contributed by atoms with van der Waals surface area (Å²) in [6.45, 7) is 0.145. The highest BCUT2D eigenvalue weighted by Crippen LogP contribution is 2.46. The quantitative estimate of drug-likeness (QED) is 0.582. The van der Waals surface area contributed by atoms with E-state index in [0.29, 0.717) is 11.5 Å². The Morgan fingerprint density at radius 1 is 1.35 bits per heavy atom. The monoisotopic (exact) mass is 454 g/mol. The first-order valence-corrected chi connectivity index (χ1v) is 9.71. The Hall–Kier alpha value is -3.14. The summed E-state index contributed by atoms with van der Waals surface area (Å²) >= 11 is 6.28. The predicted octanol–water partition coefficient (Wildman–Crippen LogP) is 4.73. The number of nitrogens with zero attached hydrogens (tertiary/aromatic N) is 2. The number of alkyl halides is 3. The highest BCUT2D eigenvalue weighted by molar-refractivity contribution is 6.36. The molecular weight excluding hydrogens is 437 g/mol. The minimum Gasteiger partial charge on any atom is -0.497 e. The second-order valence-corrected chi connectivity index (χ2v) is 7.37. The zero-order valence-corrected chi connectivity index (χ0v) is 17.0. The third-order valence-corrected chi connectivity index (χ3v) is 5.37. The van der Waals surface area contributed by atoms with Crippen LogP contribution >= 0.6 is 11.6 Å². The Balaban J connectivity index is 1.58. The lowest BCUT2D eigenvalue weighted by atomic mass is 10.0. The predicted molar refractivity (Wildman–Crippen MR) is 106 cm³/mol. The largest absolute Gasteiger partial charge is 0.497 e. The molecule has 0 unspecified atom stereocenters. The molecule has 1 aliphatic rings. The number of furan rings is 1. The van der Waals surface area contributed by atoms with E-state index in [1.807, 2.05) is 0 Å². The number of anilines is 1. The van der Waals surface area contributed by atoms with E-state index in [0.717, 1.165) is 10.2 Å². The lowest BCUT2D eigenvalue weighted by Crippen LogP contribution is -2.35. The number of nitrogens with one attached hydrogen (secondary N) is 2. The van der Waals surface area contributed by atoms with Gasteiger partial charge in [-0.05, 0) is 29.8 Å². The van der Waals surface area contributed by atoms with Crippen molar-refractivity contribution in [2.45, 2.75) is 31.2 Å². The molecule has 3 heterocycles. The van der Waals surface area contributed by atoms with Crippen molar-refractivity contribution < 1.29 is 27.1 Å². The number of benzene rings is 1. The molecule has 4 rings (SSSR count). The van der Waals surface area contributed by atoms with Crippen molar-refractivity contribution in [1.82, 2.24) is 15.1 Å². The SMILES string of the molecule is COc1ccc(CNC(=O)c2nn3c(c2Cl)N[C@H](c2ccco2)C[C@H]3C(F)(F)F)cc1. The second kappa shape index (κ2) is 8.18. The summed E-state index contributed by atoms with van der Waals surface area (Å²) < 4.78 is 52.3. The molecule has 7 nitrogen and oxygen atoms in total. The van der Waals surface area contributed by atoms with E-state index in [4.69, 9.17) is 20.8 Å². The smallest absolute Gasteiger partial charge is 0.410 e. The molecular formula is C20H18ClF3N4O3. The zero-order valence-electron chi connectivity index (χ0n) is 16.2. The maximum Gasteiger partial charge on any atom is 0.410 e. The number of carbonyl (C=O) groups is 1. The van der Waals surface area contributed by atoms with Crippen molar-refractivity contribution in [3.8, 4) is 5.75 Å². The van der Waals surface area contributed by atoms with Gasteiger partial charge in [0.1, 0.15) is 22.4 Å². The molecule has 1 amide bonds. The molecule has 11 heteroatoms. The molecule has 3 aromatic rings. The topological polar surface area (TPSA) is 81.3 Å². The van der Waals surface area contributed by atoms with E-state index in [2.05, 4.69) is 15.7 Å². The van der Waals surface area contributed by atoms with Crippen LogP contribution in [0.3, 0.4) is 0 Å². The van der Waals surface area contributed by atoms with Gasteiger partial charge in [-0.2, -0.15) is 18.3 Å². The zero-order chi connectivity index (χ0) is 22.2. The minimum absolute atomic E-state index is 0.0776. The fourth-order valence-electron chi connectivity index (χ4n) is 3.42. The molecule has 2 atom stereocenters. The Labute approximate surface area is 180 Å². The first-order chi connectivity index (χ1) is 14.8. The van der Waals surface area contributed by atoms with E-state index in [-0.39, 0.29) is 29.5 Å². The average molecular weight is 455 g/mol. The molecule has 164 valence electrons. The van der Waals surface area contributed by atoms with Gasteiger partial charge in [0.2, 0.25) is 0 Å². The van der Waals surface area contributed by atoms with Crippen LogP contribution in [0.25, 0.3) is 0 Å². The molecule has 0 radical (unpaired) electrons. The molecule has 1 aliphatic heterocycles. The molecule has 0 saturated heterocycles. The van der Waals surface area contributed by atoms with Crippen LogP contribution in [0.5, 0.6) is 5.75 Å². The van der Waals surface area contributed by atoms with Crippen LogP contribution in [0, 0.1) is 0 Å². The third kappa shape index (κ3) is 4.20. The summed E-state index contributed by atoms with van der Waals surface area (Å²) in [5, 5.41) is 9.25. The normalized spacial score (nSPS) is 18.2. The van der Waals surface area contributed by atoms with Gasteiger partial charge in [0.15, 0.2) is 11.7 Å². The van der Waals surface area contributed by atoms with Gasteiger partial charge in [0.25, 0.3) is 5.91 Å². The van der Waals surface area contributed by atoms with Crippen LogP contribution in [0.2, 0.25) is 5.02 Å². The maximum atomic E-state index is 13.7. The number of halogens is 4. The van der Waals surface area contributed by atoms with Crippen molar-refractivity contribution in [1.29, 1.82) is 0 Å². The van der Waals surface area contributed by atoms with Crippen LogP contribution in [0.1, 0.15) is 40.3 Å². The summed E-state index contributed by atoms with van der Waals surface area (Å²) in [7, 11) is 1.54. The summed E-state index contributed by atoms with van der Waals surface area (Å²) in [5.74, 6) is 0.241. The lowest BCUT2D eigenvalue weighted by Gasteiger charge is -2.32. The first kappa shape index (κ1) is 21.1. The number of carbonyl (C=O) groups excluding carboxylic acids is 1. The summed E-state index contributed by atoms with van der Waals surface area (Å²) in [4.78, 5) is 12.6. The Kier molecular flexibility index (Phi) is 5.57. The van der Waals surface area contributed by atoms with Gasteiger partial charge >= 0.3 is 6.18 Å². The molecule has 0 bridgehead atoms. The number of hydrogen-bond acceptors (Lipinski definition) is 5. The van der Waals surface area contributed by atoms with E-state index < -0.39 is 24.2 Å². The number of rotatable bonds is 5. The summed E-state index contributed by atoms with van der Waals surface area (Å²) in [6.07, 6.45) is -3.56. The van der Waals surface area contributed by atoms with Crippen molar-refractivity contribution >= 4 is 23.3 Å². The summed E-state index contributed by atoms with van der Waals surface area (Å²) in [6, 6.07) is 7.42. The molecule has 1 aromatic carbocycles. The minimum atomic E-state index is -4.59. The van der Waals surface area contributed by atoms with Gasteiger partial charge in [-0.25, -0.2) is 4.68 Å². The van der Waals surface area contributed by atoms with E-state index in [9.17, 15) is 18.0 Å². The molecule has 0 fully saturated rings. The van der Waals surface area contributed by atoms with Crippen LogP contribution in [0.4, 0.5) is 19.0 Å². The van der Waals surface area contributed by atoms with Crippen LogP contribution in [-0.2, 0) is 6.54 Å². The molecule has 2 N–H and O–H groups in total. The van der Waals surface area contributed by atoms with Gasteiger partial charge in [0.05, 0.1) is 19.4 Å². The molecule has 2 aromatic heterocycles. The number of methoxy groups -OCH3 is 1.